The van der Waals surface area contributed by atoms with Crippen LogP contribution in [-0.2, 0) is 4.79 Å². The fourth-order valence-electron chi connectivity index (χ4n) is 1.85. The zero-order chi connectivity index (χ0) is 15.8. The van der Waals surface area contributed by atoms with E-state index in [1.54, 1.807) is 31.2 Å². The Hall–Kier alpha value is -1.75. The van der Waals surface area contributed by atoms with Gasteiger partial charge in [0, 0.05) is 16.8 Å². The highest BCUT2D eigenvalue weighted by Gasteiger charge is 2.12. The molecule has 0 saturated heterocycles. The van der Waals surface area contributed by atoms with Crippen LogP contribution in [-0.4, -0.2) is 23.1 Å². The average Bonchev–Trinajstić information content (AvgIpc) is 2.41. The summed E-state index contributed by atoms with van der Waals surface area (Å²) in [6, 6.07) is 6.55. The van der Waals surface area contributed by atoms with Gasteiger partial charge in [-0.2, -0.15) is 0 Å². The van der Waals surface area contributed by atoms with Crippen molar-refractivity contribution >= 4 is 29.3 Å². The molecule has 0 bridgehead atoms. The van der Waals surface area contributed by atoms with E-state index >= 15 is 0 Å². The molecule has 3 N–H and O–H groups in total. The van der Waals surface area contributed by atoms with E-state index in [9.17, 15) is 9.59 Å². The van der Waals surface area contributed by atoms with Crippen LogP contribution in [0.2, 0.25) is 5.02 Å². The zero-order valence-corrected chi connectivity index (χ0v) is 13.0. The van der Waals surface area contributed by atoms with Crippen molar-refractivity contribution in [2.24, 2.45) is 5.92 Å². The summed E-state index contributed by atoms with van der Waals surface area (Å²) in [4.78, 5) is 22.5. The summed E-state index contributed by atoms with van der Waals surface area (Å²) in [5.74, 6) is -1.13. The third-order valence-electron chi connectivity index (χ3n) is 3.18. The number of rotatable bonds is 7. The van der Waals surface area contributed by atoms with Crippen molar-refractivity contribution in [3.05, 3.63) is 29.3 Å². The highest BCUT2D eigenvalue weighted by atomic mass is 35.5. The van der Waals surface area contributed by atoms with Crippen LogP contribution in [0.5, 0.6) is 0 Å². The number of hydrogen-bond donors (Lipinski definition) is 3. The van der Waals surface area contributed by atoms with E-state index in [2.05, 4.69) is 10.6 Å². The maximum atomic E-state index is 11.8. The lowest BCUT2D eigenvalue weighted by atomic mass is 10.0. The van der Waals surface area contributed by atoms with Crippen LogP contribution in [0.3, 0.4) is 0 Å². The molecule has 0 radical (unpaired) electrons. The number of nitrogens with one attached hydrogen (secondary N) is 2. The predicted octanol–water partition coefficient (Wildman–Crippen LogP) is 3.74. The molecule has 0 aliphatic heterocycles. The lowest BCUT2D eigenvalue weighted by Crippen LogP contribution is -2.36. The minimum Gasteiger partial charge on any atom is -0.481 e. The van der Waals surface area contributed by atoms with Gasteiger partial charge in [-0.25, -0.2) is 4.79 Å². The first-order valence-corrected chi connectivity index (χ1v) is 7.32. The van der Waals surface area contributed by atoms with E-state index < -0.39 is 5.97 Å². The Morgan fingerprint density at radius 1 is 1.19 bits per heavy atom. The summed E-state index contributed by atoms with van der Waals surface area (Å²) in [7, 11) is 0. The van der Waals surface area contributed by atoms with Crippen molar-refractivity contribution in [2.75, 3.05) is 5.32 Å². The molecule has 0 heterocycles. The quantitative estimate of drug-likeness (QED) is 0.717. The maximum Gasteiger partial charge on any atom is 0.319 e. The van der Waals surface area contributed by atoms with Gasteiger partial charge in [0.1, 0.15) is 0 Å². The number of aliphatic carboxylic acids is 1. The molecule has 1 aromatic rings. The second-order valence-corrected chi connectivity index (χ2v) is 5.61. The molecule has 0 saturated carbocycles. The van der Waals surface area contributed by atoms with Crippen LogP contribution < -0.4 is 10.6 Å². The normalized spacial score (nSPS) is 13.3. The lowest BCUT2D eigenvalue weighted by molar-refractivity contribution is -0.141. The van der Waals surface area contributed by atoms with E-state index in [0.717, 1.165) is 12.8 Å². The molecule has 1 rings (SSSR count). The Labute approximate surface area is 129 Å². The number of carbonyl (C=O) groups is 2. The van der Waals surface area contributed by atoms with Crippen molar-refractivity contribution in [1.29, 1.82) is 0 Å². The summed E-state index contributed by atoms with van der Waals surface area (Å²) >= 11 is 5.77. The lowest BCUT2D eigenvalue weighted by Gasteiger charge is -2.15. The van der Waals surface area contributed by atoms with E-state index in [0.29, 0.717) is 17.1 Å². The Balaban J connectivity index is 2.27. The molecule has 0 aliphatic rings. The van der Waals surface area contributed by atoms with Gasteiger partial charge in [-0.3, -0.25) is 4.79 Å². The van der Waals surface area contributed by atoms with Crippen LogP contribution in [0.25, 0.3) is 0 Å². The minimum atomic E-state index is -0.781. The number of amides is 2. The number of halogens is 1. The van der Waals surface area contributed by atoms with Crippen LogP contribution >= 0.6 is 11.6 Å². The van der Waals surface area contributed by atoms with Gasteiger partial charge in [0.05, 0.1) is 5.92 Å². The van der Waals surface area contributed by atoms with Crippen molar-refractivity contribution in [2.45, 2.75) is 39.2 Å². The SMILES string of the molecule is CC(CCCC(C)C(=O)O)NC(=O)Nc1ccc(Cl)cc1. The third kappa shape index (κ3) is 6.99. The summed E-state index contributed by atoms with van der Waals surface area (Å²) < 4.78 is 0. The Morgan fingerprint density at radius 3 is 2.38 bits per heavy atom. The van der Waals surface area contributed by atoms with Crippen molar-refractivity contribution < 1.29 is 14.7 Å². The van der Waals surface area contributed by atoms with Gasteiger partial charge < -0.3 is 15.7 Å². The van der Waals surface area contributed by atoms with Gasteiger partial charge in [-0.15, -0.1) is 0 Å². The standard InChI is InChI=1S/C15H21ClN2O3/c1-10(14(19)20)4-3-5-11(2)17-15(21)18-13-8-6-12(16)7-9-13/h6-11H,3-5H2,1-2H3,(H,19,20)(H2,17,18,21). The Morgan fingerprint density at radius 2 is 1.81 bits per heavy atom. The van der Waals surface area contributed by atoms with Gasteiger partial charge in [-0.05, 0) is 44.0 Å². The topological polar surface area (TPSA) is 78.4 Å². The number of anilines is 1. The first kappa shape index (κ1) is 17.3. The van der Waals surface area contributed by atoms with E-state index in [4.69, 9.17) is 16.7 Å². The molecule has 1 aromatic carbocycles. The summed E-state index contributed by atoms with van der Waals surface area (Å²) in [5.41, 5.74) is 0.670. The number of urea groups is 1. The zero-order valence-electron chi connectivity index (χ0n) is 12.2. The van der Waals surface area contributed by atoms with Crippen molar-refractivity contribution in [1.82, 2.24) is 5.32 Å². The van der Waals surface area contributed by atoms with Crippen molar-refractivity contribution in [3.63, 3.8) is 0 Å². The molecule has 116 valence electrons. The van der Waals surface area contributed by atoms with Crippen LogP contribution in [0.1, 0.15) is 33.1 Å². The predicted molar refractivity (Wildman–Crippen MR) is 83.7 cm³/mol. The molecule has 5 nitrogen and oxygen atoms in total. The largest absolute Gasteiger partial charge is 0.481 e. The average molecular weight is 313 g/mol. The Kier molecular flexibility index (Phi) is 7.02. The van der Waals surface area contributed by atoms with E-state index in [1.807, 2.05) is 6.92 Å². The van der Waals surface area contributed by atoms with Gasteiger partial charge in [-0.1, -0.05) is 24.9 Å². The molecule has 2 atom stereocenters. The van der Waals surface area contributed by atoms with Gasteiger partial charge in [0.25, 0.3) is 0 Å². The highest BCUT2D eigenvalue weighted by molar-refractivity contribution is 6.30. The number of carbonyl (C=O) groups excluding carboxylic acids is 1. The molecule has 0 spiro atoms. The second kappa shape index (κ2) is 8.52. The van der Waals surface area contributed by atoms with Crippen LogP contribution in [0.15, 0.2) is 24.3 Å². The fraction of sp³-hybridized carbons (Fsp3) is 0.467. The van der Waals surface area contributed by atoms with Gasteiger partial charge >= 0.3 is 12.0 Å². The molecule has 2 amide bonds. The van der Waals surface area contributed by atoms with Crippen LogP contribution in [0.4, 0.5) is 10.5 Å². The number of carboxylic acids is 1. The monoisotopic (exact) mass is 312 g/mol. The van der Waals surface area contributed by atoms with Gasteiger partial charge in [0.2, 0.25) is 0 Å². The fourth-order valence-corrected chi connectivity index (χ4v) is 1.98. The molecular weight excluding hydrogens is 292 g/mol. The molecule has 2 unspecified atom stereocenters. The molecule has 21 heavy (non-hydrogen) atoms. The summed E-state index contributed by atoms with van der Waals surface area (Å²) in [6.45, 7) is 3.58. The molecule has 0 fully saturated rings. The first-order chi connectivity index (χ1) is 9.88. The van der Waals surface area contributed by atoms with E-state index in [1.165, 1.54) is 0 Å². The maximum absolute atomic E-state index is 11.8. The van der Waals surface area contributed by atoms with Gasteiger partial charge in [0.15, 0.2) is 0 Å². The number of hydrogen-bond acceptors (Lipinski definition) is 2. The number of carboxylic acid groups (broad SMARTS) is 1. The molecule has 6 heteroatoms. The molecule has 0 aromatic heterocycles. The van der Waals surface area contributed by atoms with E-state index in [-0.39, 0.29) is 18.0 Å². The molecular formula is C15H21ClN2O3. The van der Waals surface area contributed by atoms with Crippen molar-refractivity contribution in [3.8, 4) is 0 Å². The minimum absolute atomic E-state index is 0.0155. The summed E-state index contributed by atoms with van der Waals surface area (Å²) in [6.07, 6.45) is 2.11. The second-order valence-electron chi connectivity index (χ2n) is 5.18. The Bertz CT molecular complexity index is 476. The third-order valence-corrected chi connectivity index (χ3v) is 3.43. The number of benzene rings is 1. The summed E-state index contributed by atoms with van der Waals surface area (Å²) in [5, 5.41) is 14.9. The smallest absolute Gasteiger partial charge is 0.319 e. The first-order valence-electron chi connectivity index (χ1n) is 6.94. The highest BCUT2D eigenvalue weighted by Crippen LogP contribution is 2.13. The van der Waals surface area contributed by atoms with Crippen LogP contribution in [0, 0.1) is 5.92 Å². The molecule has 0 aliphatic carbocycles.